The molecule has 0 fully saturated rings. The second-order valence-corrected chi connectivity index (χ2v) is 5.33. The number of aliphatic hydroxyl groups excluding tert-OH is 1. The van der Waals surface area contributed by atoms with Gasteiger partial charge in [0.15, 0.2) is 11.5 Å². The molecule has 1 N–H and O–H groups in total. The monoisotopic (exact) mass is 256 g/mol. The van der Waals surface area contributed by atoms with E-state index in [1.165, 1.54) is 0 Å². The largest absolute Gasteiger partial charge is 0.486 e. The Morgan fingerprint density at radius 3 is 2.65 bits per heavy atom. The van der Waals surface area contributed by atoms with Crippen LogP contribution in [0.4, 0.5) is 0 Å². The molecular weight excluding hydrogens is 240 g/mol. The summed E-state index contributed by atoms with van der Waals surface area (Å²) in [5, 5.41) is 10.2. The molecule has 1 aromatic rings. The molecule has 0 bridgehead atoms. The predicted octanol–water partition coefficient (Wildman–Crippen LogP) is 2.69. The van der Waals surface area contributed by atoms with Crippen LogP contribution in [0.3, 0.4) is 0 Å². The van der Waals surface area contributed by atoms with Gasteiger partial charge in [0.1, 0.15) is 13.2 Å². The minimum Gasteiger partial charge on any atom is -0.486 e. The van der Waals surface area contributed by atoms with Gasteiger partial charge in [0.05, 0.1) is 6.61 Å². The quantitative estimate of drug-likeness (QED) is 0.884. The van der Waals surface area contributed by atoms with Crippen molar-refractivity contribution in [3.8, 4) is 11.5 Å². The van der Waals surface area contributed by atoms with Crippen LogP contribution in [-0.2, 0) is 5.41 Å². The Morgan fingerprint density at radius 1 is 1.35 bits per heavy atom. The molecule has 0 spiro atoms. The van der Waals surface area contributed by atoms with Crippen molar-refractivity contribution in [3.63, 3.8) is 0 Å². The molecule has 1 aliphatic heterocycles. The summed E-state index contributed by atoms with van der Waals surface area (Å²) < 4.78 is 11.2. The fourth-order valence-electron chi connectivity index (χ4n) is 2.14. The maximum absolute atomic E-state index is 9.52. The van der Waals surface area contributed by atoms with Gasteiger partial charge in [-0.05, 0) is 12.5 Å². The van der Waals surface area contributed by atoms with Gasteiger partial charge in [-0.25, -0.2) is 0 Å². The highest BCUT2D eigenvalue weighted by atomic mass is 35.5. The Labute approximate surface area is 106 Å². The zero-order chi connectivity index (χ0) is 12.6. The summed E-state index contributed by atoms with van der Waals surface area (Å²) in [6, 6.07) is 1.78. The standard InChI is InChI=1S/C13H17ClO3/c1-8-9(14)6-10-12(17-5-4-16-10)11(8)13(2,3)7-15/h6,15H,4-5,7H2,1-3H3. The first-order chi connectivity index (χ1) is 7.97. The molecule has 1 aromatic carbocycles. The van der Waals surface area contributed by atoms with Crippen LogP contribution in [0.25, 0.3) is 0 Å². The molecule has 1 aliphatic rings. The fourth-order valence-corrected chi connectivity index (χ4v) is 2.34. The SMILES string of the molecule is Cc1c(Cl)cc2c(c1C(C)(C)CO)OCCO2. The van der Waals surface area contributed by atoms with Gasteiger partial charge in [-0.2, -0.15) is 0 Å². The second-order valence-electron chi connectivity index (χ2n) is 4.92. The van der Waals surface area contributed by atoms with Gasteiger partial charge < -0.3 is 14.6 Å². The maximum Gasteiger partial charge on any atom is 0.165 e. The maximum atomic E-state index is 9.52. The smallest absolute Gasteiger partial charge is 0.165 e. The van der Waals surface area contributed by atoms with Crippen LogP contribution in [-0.4, -0.2) is 24.9 Å². The van der Waals surface area contributed by atoms with Crippen molar-refractivity contribution in [1.29, 1.82) is 0 Å². The van der Waals surface area contributed by atoms with Crippen LogP contribution in [0.15, 0.2) is 6.07 Å². The normalized spacial score (nSPS) is 14.9. The van der Waals surface area contributed by atoms with Crippen LogP contribution in [0.5, 0.6) is 11.5 Å². The highest BCUT2D eigenvalue weighted by Crippen LogP contribution is 2.45. The van der Waals surface area contributed by atoms with Crippen molar-refractivity contribution >= 4 is 11.6 Å². The molecule has 1 heterocycles. The van der Waals surface area contributed by atoms with Gasteiger partial charge >= 0.3 is 0 Å². The first kappa shape index (κ1) is 12.5. The van der Waals surface area contributed by atoms with Crippen molar-refractivity contribution in [3.05, 3.63) is 22.2 Å². The number of rotatable bonds is 2. The summed E-state index contributed by atoms with van der Waals surface area (Å²) in [6.45, 7) is 6.96. The van der Waals surface area contributed by atoms with Crippen LogP contribution in [0.1, 0.15) is 25.0 Å². The first-order valence-electron chi connectivity index (χ1n) is 5.67. The summed E-state index contributed by atoms with van der Waals surface area (Å²) >= 11 is 6.20. The van der Waals surface area contributed by atoms with E-state index in [1.54, 1.807) is 6.07 Å². The Kier molecular flexibility index (Phi) is 3.23. The predicted molar refractivity (Wildman–Crippen MR) is 67.3 cm³/mol. The summed E-state index contributed by atoms with van der Waals surface area (Å²) in [7, 11) is 0. The zero-order valence-corrected chi connectivity index (χ0v) is 11.1. The molecule has 0 saturated heterocycles. The molecule has 0 aromatic heterocycles. The zero-order valence-electron chi connectivity index (χ0n) is 10.3. The number of halogens is 1. The molecule has 2 rings (SSSR count). The third kappa shape index (κ3) is 2.09. The number of fused-ring (bicyclic) bond motifs is 1. The van der Waals surface area contributed by atoms with Gasteiger partial charge in [0, 0.05) is 22.1 Å². The first-order valence-corrected chi connectivity index (χ1v) is 6.05. The lowest BCUT2D eigenvalue weighted by Crippen LogP contribution is -2.27. The molecule has 17 heavy (non-hydrogen) atoms. The average molecular weight is 257 g/mol. The van der Waals surface area contributed by atoms with Crippen LogP contribution in [0.2, 0.25) is 5.02 Å². The van der Waals surface area contributed by atoms with Crippen molar-refractivity contribution in [1.82, 2.24) is 0 Å². The van der Waals surface area contributed by atoms with E-state index >= 15 is 0 Å². The third-order valence-corrected chi connectivity index (χ3v) is 3.49. The van der Waals surface area contributed by atoms with E-state index in [4.69, 9.17) is 21.1 Å². The molecule has 94 valence electrons. The lowest BCUT2D eigenvalue weighted by atomic mass is 9.82. The number of ether oxygens (including phenoxy) is 2. The Morgan fingerprint density at radius 2 is 2.00 bits per heavy atom. The van der Waals surface area contributed by atoms with E-state index in [0.29, 0.717) is 24.0 Å². The lowest BCUT2D eigenvalue weighted by Gasteiger charge is -2.31. The molecule has 0 aliphatic carbocycles. The molecule has 0 atom stereocenters. The van der Waals surface area contributed by atoms with Gasteiger partial charge in [-0.3, -0.25) is 0 Å². The van der Waals surface area contributed by atoms with Crippen LogP contribution < -0.4 is 9.47 Å². The molecular formula is C13H17ClO3. The highest BCUT2D eigenvalue weighted by Gasteiger charge is 2.31. The summed E-state index contributed by atoms with van der Waals surface area (Å²) in [6.07, 6.45) is 0. The Bertz CT molecular complexity index is 441. The average Bonchev–Trinajstić information content (AvgIpc) is 2.30. The molecule has 0 amide bonds. The third-order valence-electron chi connectivity index (χ3n) is 3.10. The molecule has 0 unspecified atom stereocenters. The minimum absolute atomic E-state index is 0.0317. The van der Waals surface area contributed by atoms with Crippen LogP contribution >= 0.6 is 11.6 Å². The molecule has 0 radical (unpaired) electrons. The number of hydrogen-bond donors (Lipinski definition) is 1. The summed E-state index contributed by atoms with van der Waals surface area (Å²) in [5.41, 5.74) is 1.47. The van der Waals surface area contributed by atoms with Gasteiger partial charge in [-0.15, -0.1) is 0 Å². The topological polar surface area (TPSA) is 38.7 Å². The van der Waals surface area contributed by atoms with Gasteiger partial charge in [0.25, 0.3) is 0 Å². The van der Waals surface area contributed by atoms with Gasteiger partial charge in [0.2, 0.25) is 0 Å². The number of hydrogen-bond acceptors (Lipinski definition) is 3. The van der Waals surface area contributed by atoms with E-state index in [2.05, 4.69) is 0 Å². The van der Waals surface area contributed by atoms with E-state index < -0.39 is 5.41 Å². The van der Waals surface area contributed by atoms with Crippen molar-refractivity contribution in [2.45, 2.75) is 26.2 Å². The van der Waals surface area contributed by atoms with Crippen molar-refractivity contribution in [2.75, 3.05) is 19.8 Å². The number of benzene rings is 1. The van der Waals surface area contributed by atoms with E-state index in [-0.39, 0.29) is 6.61 Å². The van der Waals surface area contributed by atoms with Crippen molar-refractivity contribution in [2.24, 2.45) is 0 Å². The lowest BCUT2D eigenvalue weighted by molar-refractivity contribution is 0.161. The summed E-state index contributed by atoms with van der Waals surface area (Å²) in [5.74, 6) is 1.39. The van der Waals surface area contributed by atoms with Crippen LogP contribution in [0, 0.1) is 6.92 Å². The van der Waals surface area contributed by atoms with E-state index in [0.717, 1.165) is 16.9 Å². The minimum atomic E-state index is -0.403. The fraction of sp³-hybridized carbons (Fsp3) is 0.538. The summed E-state index contributed by atoms with van der Waals surface area (Å²) in [4.78, 5) is 0. The second kappa shape index (κ2) is 4.39. The van der Waals surface area contributed by atoms with E-state index in [9.17, 15) is 5.11 Å². The number of aliphatic hydroxyl groups is 1. The van der Waals surface area contributed by atoms with Gasteiger partial charge in [-0.1, -0.05) is 25.4 Å². The van der Waals surface area contributed by atoms with E-state index in [1.807, 2.05) is 20.8 Å². The molecule has 0 saturated carbocycles. The molecule has 4 heteroatoms. The van der Waals surface area contributed by atoms with Crippen molar-refractivity contribution < 1.29 is 14.6 Å². The Hall–Kier alpha value is -0.930. The highest BCUT2D eigenvalue weighted by molar-refractivity contribution is 6.31. The molecule has 3 nitrogen and oxygen atoms in total. The Balaban J connectivity index is 2.67.